The summed E-state index contributed by atoms with van der Waals surface area (Å²) in [6.07, 6.45) is 0. The molecule has 0 aliphatic carbocycles. The molecule has 170 valence electrons. The fraction of sp³-hybridized carbons (Fsp3) is 0.375. The van der Waals surface area contributed by atoms with E-state index in [1.807, 2.05) is 57.2 Å². The van der Waals surface area contributed by atoms with Crippen LogP contribution in [0.25, 0.3) is 0 Å². The molecule has 1 amide bonds. The lowest BCUT2D eigenvalue weighted by Crippen LogP contribution is -2.36. The maximum Gasteiger partial charge on any atom is 0.240 e. The Morgan fingerprint density at radius 2 is 1.88 bits per heavy atom. The third-order valence-electron chi connectivity index (χ3n) is 5.16. The number of ether oxygens (including phenoxy) is 1. The van der Waals surface area contributed by atoms with E-state index >= 15 is 0 Å². The maximum absolute atomic E-state index is 13.0. The van der Waals surface area contributed by atoms with Crippen molar-refractivity contribution in [1.29, 1.82) is 0 Å². The monoisotopic (exact) mass is 453 g/mol. The molecule has 0 saturated carbocycles. The van der Waals surface area contributed by atoms with E-state index in [-0.39, 0.29) is 17.8 Å². The topological polar surface area (TPSA) is 86.3 Å². The number of aromatic nitrogens is 3. The van der Waals surface area contributed by atoms with Crippen molar-refractivity contribution in [1.82, 2.24) is 14.9 Å². The van der Waals surface area contributed by atoms with Crippen molar-refractivity contribution < 1.29 is 9.53 Å². The first-order valence-electron chi connectivity index (χ1n) is 10.8. The summed E-state index contributed by atoms with van der Waals surface area (Å²) in [7, 11) is 0. The molecule has 7 nitrogen and oxygen atoms in total. The van der Waals surface area contributed by atoms with Gasteiger partial charge in [-0.15, -0.1) is 10.2 Å². The van der Waals surface area contributed by atoms with Gasteiger partial charge in [0, 0.05) is 12.2 Å². The van der Waals surface area contributed by atoms with Crippen LogP contribution in [0.5, 0.6) is 5.75 Å². The molecule has 0 bridgehead atoms. The SMILES string of the molecule is CCN(C(=O)C(C)Sc1nnc(COc2cc(C)ccc2C(C)C)n1N)c1ccccc1. The number of benzene rings is 2. The van der Waals surface area contributed by atoms with E-state index in [0.717, 1.165) is 22.6 Å². The largest absolute Gasteiger partial charge is 0.485 e. The number of anilines is 1. The highest BCUT2D eigenvalue weighted by molar-refractivity contribution is 8.00. The molecule has 3 aromatic rings. The Kier molecular flexibility index (Phi) is 7.80. The van der Waals surface area contributed by atoms with Gasteiger partial charge in [0.15, 0.2) is 5.82 Å². The zero-order valence-electron chi connectivity index (χ0n) is 19.3. The summed E-state index contributed by atoms with van der Waals surface area (Å²) >= 11 is 1.29. The Bertz CT molecular complexity index is 1050. The van der Waals surface area contributed by atoms with Crippen LogP contribution in [0.4, 0.5) is 5.69 Å². The van der Waals surface area contributed by atoms with Gasteiger partial charge in [0.25, 0.3) is 0 Å². The first-order chi connectivity index (χ1) is 15.3. The van der Waals surface area contributed by atoms with E-state index in [1.54, 1.807) is 4.90 Å². The molecule has 3 rings (SSSR count). The average Bonchev–Trinajstić information content (AvgIpc) is 3.12. The number of hydrogen-bond donors (Lipinski definition) is 1. The summed E-state index contributed by atoms with van der Waals surface area (Å²) in [4.78, 5) is 14.8. The van der Waals surface area contributed by atoms with Gasteiger partial charge in [-0.05, 0) is 56.0 Å². The molecule has 1 aromatic heterocycles. The predicted molar refractivity (Wildman–Crippen MR) is 130 cm³/mol. The van der Waals surface area contributed by atoms with Crippen LogP contribution in [0.2, 0.25) is 0 Å². The Hall–Kier alpha value is -3.00. The number of carbonyl (C=O) groups is 1. The van der Waals surface area contributed by atoms with Gasteiger partial charge < -0.3 is 15.5 Å². The van der Waals surface area contributed by atoms with Crippen molar-refractivity contribution in [2.75, 3.05) is 17.3 Å². The lowest BCUT2D eigenvalue weighted by Gasteiger charge is -2.24. The van der Waals surface area contributed by atoms with Crippen LogP contribution in [-0.2, 0) is 11.4 Å². The number of nitrogen functional groups attached to an aromatic ring is 1. The van der Waals surface area contributed by atoms with Crippen LogP contribution in [0.1, 0.15) is 50.6 Å². The average molecular weight is 454 g/mol. The standard InChI is InChI=1S/C24H31N5O2S/c1-6-28(19-10-8-7-9-11-19)23(30)18(5)32-24-27-26-22(29(24)25)15-31-21-14-17(4)12-13-20(21)16(2)3/h7-14,16,18H,6,15,25H2,1-5H3. The molecule has 2 aromatic carbocycles. The summed E-state index contributed by atoms with van der Waals surface area (Å²) in [5.41, 5.74) is 3.13. The van der Waals surface area contributed by atoms with Crippen LogP contribution in [0.15, 0.2) is 53.7 Å². The fourth-order valence-corrected chi connectivity index (χ4v) is 4.22. The van der Waals surface area contributed by atoms with Gasteiger partial charge in [-0.1, -0.05) is 55.9 Å². The second-order valence-electron chi connectivity index (χ2n) is 7.93. The summed E-state index contributed by atoms with van der Waals surface area (Å²) in [5.74, 6) is 7.88. The van der Waals surface area contributed by atoms with E-state index in [9.17, 15) is 4.79 Å². The molecule has 0 radical (unpaired) electrons. The van der Waals surface area contributed by atoms with Crippen molar-refractivity contribution in [2.45, 2.75) is 57.5 Å². The minimum Gasteiger partial charge on any atom is -0.485 e. The van der Waals surface area contributed by atoms with Gasteiger partial charge in [-0.3, -0.25) is 4.79 Å². The van der Waals surface area contributed by atoms with Crippen molar-refractivity contribution in [3.8, 4) is 5.75 Å². The van der Waals surface area contributed by atoms with Gasteiger partial charge in [0.1, 0.15) is 12.4 Å². The van der Waals surface area contributed by atoms with Crippen molar-refractivity contribution in [2.24, 2.45) is 0 Å². The maximum atomic E-state index is 13.0. The van der Waals surface area contributed by atoms with Crippen LogP contribution in [0, 0.1) is 6.92 Å². The molecular weight excluding hydrogens is 422 g/mol. The van der Waals surface area contributed by atoms with Gasteiger partial charge in [0.05, 0.1) is 5.25 Å². The molecule has 1 heterocycles. The fourth-order valence-electron chi connectivity index (χ4n) is 3.37. The molecule has 1 unspecified atom stereocenters. The Morgan fingerprint density at radius 3 is 2.53 bits per heavy atom. The molecule has 32 heavy (non-hydrogen) atoms. The first-order valence-corrected chi connectivity index (χ1v) is 11.7. The number of aryl methyl sites for hydroxylation is 1. The van der Waals surface area contributed by atoms with E-state index in [0.29, 0.717) is 23.4 Å². The summed E-state index contributed by atoms with van der Waals surface area (Å²) < 4.78 is 7.44. The molecule has 0 spiro atoms. The van der Waals surface area contributed by atoms with Crippen molar-refractivity contribution in [3.63, 3.8) is 0 Å². The lowest BCUT2D eigenvalue weighted by molar-refractivity contribution is -0.117. The third-order valence-corrected chi connectivity index (χ3v) is 6.21. The second-order valence-corrected chi connectivity index (χ2v) is 9.24. The van der Waals surface area contributed by atoms with Crippen molar-refractivity contribution >= 4 is 23.4 Å². The highest BCUT2D eigenvalue weighted by Gasteiger charge is 2.24. The van der Waals surface area contributed by atoms with Gasteiger partial charge in [0.2, 0.25) is 11.1 Å². The minimum atomic E-state index is -0.375. The normalized spacial score (nSPS) is 12.1. The quantitative estimate of drug-likeness (QED) is 0.378. The van der Waals surface area contributed by atoms with Gasteiger partial charge in [-0.2, -0.15) is 0 Å². The van der Waals surface area contributed by atoms with Crippen LogP contribution < -0.4 is 15.5 Å². The molecule has 0 fully saturated rings. The summed E-state index contributed by atoms with van der Waals surface area (Å²) in [6, 6.07) is 15.8. The third kappa shape index (κ3) is 5.43. The van der Waals surface area contributed by atoms with Gasteiger partial charge in [-0.25, -0.2) is 4.68 Å². The molecule has 8 heteroatoms. The number of hydrogen-bond acceptors (Lipinski definition) is 6. The van der Waals surface area contributed by atoms with Gasteiger partial charge >= 0.3 is 0 Å². The second kappa shape index (κ2) is 10.5. The molecule has 2 N–H and O–H groups in total. The summed E-state index contributed by atoms with van der Waals surface area (Å²) in [6.45, 7) is 10.9. The molecule has 0 aliphatic rings. The smallest absolute Gasteiger partial charge is 0.240 e. The number of rotatable bonds is 9. The highest BCUT2D eigenvalue weighted by atomic mass is 32.2. The number of thioether (sulfide) groups is 1. The molecular formula is C24H31N5O2S. The Morgan fingerprint density at radius 1 is 1.16 bits per heavy atom. The van der Waals surface area contributed by atoms with Crippen LogP contribution in [-0.4, -0.2) is 32.6 Å². The lowest BCUT2D eigenvalue weighted by atomic mass is 10.0. The predicted octanol–water partition coefficient (Wildman–Crippen LogP) is 4.54. The van der Waals surface area contributed by atoms with E-state index in [1.165, 1.54) is 16.4 Å². The minimum absolute atomic E-state index is 0.00849. The van der Waals surface area contributed by atoms with E-state index in [2.05, 4.69) is 36.2 Å². The highest BCUT2D eigenvalue weighted by Crippen LogP contribution is 2.29. The zero-order chi connectivity index (χ0) is 23.3. The van der Waals surface area contributed by atoms with E-state index < -0.39 is 0 Å². The number of amides is 1. The molecule has 0 aliphatic heterocycles. The van der Waals surface area contributed by atoms with Crippen LogP contribution in [0.3, 0.4) is 0 Å². The van der Waals surface area contributed by atoms with Crippen LogP contribution >= 0.6 is 11.8 Å². The molecule has 1 atom stereocenters. The Labute approximate surface area is 193 Å². The number of nitrogens with zero attached hydrogens (tertiary/aromatic N) is 4. The van der Waals surface area contributed by atoms with Crippen molar-refractivity contribution in [3.05, 3.63) is 65.5 Å². The molecule has 0 saturated heterocycles. The zero-order valence-corrected chi connectivity index (χ0v) is 20.1. The number of carbonyl (C=O) groups excluding carboxylic acids is 1. The first kappa shape index (κ1) is 23.7. The van der Waals surface area contributed by atoms with E-state index in [4.69, 9.17) is 10.6 Å². The number of para-hydroxylation sites is 1. The Balaban J connectivity index is 1.68. The summed E-state index contributed by atoms with van der Waals surface area (Å²) in [5, 5.41) is 8.46. The number of nitrogens with two attached hydrogens (primary N) is 1.